The van der Waals surface area contributed by atoms with E-state index in [-0.39, 0.29) is 30.0 Å². The van der Waals surface area contributed by atoms with Gasteiger partial charge in [-0.1, -0.05) is 36.4 Å². The van der Waals surface area contributed by atoms with Gasteiger partial charge in [0.25, 0.3) is 11.8 Å². The van der Waals surface area contributed by atoms with Crippen LogP contribution in [0.1, 0.15) is 32.0 Å². The molecule has 4 rings (SSSR count). The maximum absolute atomic E-state index is 13.0. The molecule has 0 saturated heterocycles. The van der Waals surface area contributed by atoms with Gasteiger partial charge in [0.1, 0.15) is 6.04 Å². The molecule has 2 aromatic carbocycles. The smallest absolute Gasteiger partial charge is 0.339 e. The maximum Gasteiger partial charge on any atom is 0.339 e. The lowest BCUT2D eigenvalue weighted by molar-refractivity contribution is -0.152. The van der Waals surface area contributed by atoms with Gasteiger partial charge in [-0.05, 0) is 35.4 Å². The van der Waals surface area contributed by atoms with E-state index in [0.29, 0.717) is 0 Å². The minimum atomic E-state index is -0.928. The molecule has 1 aliphatic rings. The van der Waals surface area contributed by atoms with Gasteiger partial charge in [-0.2, -0.15) is 0 Å². The molecular formula is C25H22N2O7. The van der Waals surface area contributed by atoms with E-state index in [0.717, 1.165) is 11.1 Å². The predicted octanol–water partition coefficient (Wildman–Crippen LogP) is 2.82. The Morgan fingerprint density at radius 3 is 2.47 bits per heavy atom. The van der Waals surface area contributed by atoms with Crippen molar-refractivity contribution in [3.63, 3.8) is 0 Å². The van der Waals surface area contributed by atoms with Crippen LogP contribution in [0.5, 0.6) is 0 Å². The Bertz CT molecular complexity index is 1220. The molecule has 1 atom stereocenters. The lowest BCUT2D eigenvalue weighted by Gasteiger charge is -2.34. The van der Waals surface area contributed by atoms with Crippen molar-refractivity contribution in [1.82, 2.24) is 4.90 Å². The summed E-state index contributed by atoms with van der Waals surface area (Å²) in [7, 11) is 1.24. The molecule has 1 aromatic heterocycles. The number of ether oxygens (including phenoxy) is 2. The Kier molecular flexibility index (Phi) is 6.72. The number of amides is 2. The van der Waals surface area contributed by atoms with Crippen LogP contribution in [0, 0.1) is 0 Å². The second-order valence-corrected chi connectivity index (χ2v) is 7.59. The first kappa shape index (κ1) is 22.8. The summed E-state index contributed by atoms with van der Waals surface area (Å²) in [6.45, 7) is -0.385. The summed E-state index contributed by atoms with van der Waals surface area (Å²) in [5, 5.41) is 2.54. The summed E-state index contributed by atoms with van der Waals surface area (Å²) in [6, 6.07) is 16.0. The zero-order chi connectivity index (χ0) is 24.1. The number of furan rings is 1. The van der Waals surface area contributed by atoms with Crippen molar-refractivity contribution in [3.8, 4) is 0 Å². The summed E-state index contributed by atoms with van der Waals surface area (Å²) < 4.78 is 15.2. The third-order valence-corrected chi connectivity index (χ3v) is 5.47. The number of methoxy groups -OCH3 is 1. The molecule has 2 amide bonds. The van der Waals surface area contributed by atoms with Gasteiger partial charge in [0, 0.05) is 13.0 Å². The van der Waals surface area contributed by atoms with Crippen LogP contribution in [0.15, 0.2) is 71.3 Å². The van der Waals surface area contributed by atoms with Gasteiger partial charge >= 0.3 is 11.9 Å². The Balaban J connectivity index is 1.46. The fourth-order valence-corrected chi connectivity index (χ4v) is 3.79. The standard InChI is InChI=1S/C25H22N2O7/c1-32-24(30)18-9-4-5-10-19(18)26-22(28)15-34-25(31)20-13-16-7-2-3-8-17(16)14-27(20)23(29)21-11-6-12-33-21/h2-12,20H,13-15H2,1H3,(H,26,28). The minimum Gasteiger partial charge on any atom is -0.465 e. The number of benzene rings is 2. The molecule has 0 aliphatic carbocycles. The Hall–Kier alpha value is -4.40. The average Bonchev–Trinajstić information content (AvgIpc) is 3.41. The monoisotopic (exact) mass is 462 g/mol. The van der Waals surface area contributed by atoms with E-state index in [9.17, 15) is 19.2 Å². The second kappa shape index (κ2) is 10.0. The maximum atomic E-state index is 13.0. The minimum absolute atomic E-state index is 0.106. The van der Waals surface area contributed by atoms with Crippen LogP contribution < -0.4 is 5.32 Å². The summed E-state index contributed by atoms with van der Waals surface area (Å²) in [5.41, 5.74) is 2.24. The molecule has 1 unspecified atom stereocenters. The van der Waals surface area contributed by atoms with Gasteiger partial charge in [0.15, 0.2) is 12.4 Å². The SMILES string of the molecule is COC(=O)c1ccccc1NC(=O)COC(=O)C1Cc2ccccc2CN1C(=O)c1ccco1. The van der Waals surface area contributed by atoms with E-state index >= 15 is 0 Å². The number of rotatable bonds is 6. The van der Waals surface area contributed by atoms with E-state index in [1.807, 2.05) is 24.3 Å². The van der Waals surface area contributed by atoms with E-state index in [1.165, 1.54) is 36.5 Å². The number of para-hydroxylation sites is 1. The lowest BCUT2D eigenvalue weighted by Crippen LogP contribution is -2.49. The van der Waals surface area contributed by atoms with Crippen molar-refractivity contribution in [2.24, 2.45) is 0 Å². The second-order valence-electron chi connectivity index (χ2n) is 7.59. The highest BCUT2D eigenvalue weighted by molar-refractivity contribution is 6.02. The highest BCUT2D eigenvalue weighted by Gasteiger charge is 2.37. The van der Waals surface area contributed by atoms with Crippen molar-refractivity contribution in [1.29, 1.82) is 0 Å². The van der Waals surface area contributed by atoms with Gasteiger partial charge < -0.3 is 24.1 Å². The summed E-state index contributed by atoms with van der Waals surface area (Å²) >= 11 is 0. The number of hydrogen-bond donors (Lipinski definition) is 1. The first-order valence-electron chi connectivity index (χ1n) is 10.5. The highest BCUT2D eigenvalue weighted by atomic mass is 16.5. The molecule has 0 radical (unpaired) electrons. The van der Waals surface area contributed by atoms with Crippen LogP contribution in [-0.4, -0.2) is 48.4 Å². The quantitative estimate of drug-likeness (QED) is 0.560. The van der Waals surface area contributed by atoms with E-state index < -0.39 is 36.4 Å². The number of esters is 2. The topological polar surface area (TPSA) is 115 Å². The molecule has 2 heterocycles. The van der Waals surface area contributed by atoms with Crippen LogP contribution in [0.4, 0.5) is 5.69 Å². The number of anilines is 1. The molecule has 9 heteroatoms. The highest BCUT2D eigenvalue weighted by Crippen LogP contribution is 2.26. The van der Waals surface area contributed by atoms with Gasteiger partial charge in [-0.3, -0.25) is 9.59 Å². The third kappa shape index (κ3) is 4.83. The summed E-state index contributed by atoms with van der Waals surface area (Å²) in [4.78, 5) is 51.7. The van der Waals surface area contributed by atoms with E-state index in [1.54, 1.807) is 18.2 Å². The Morgan fingerprint density at radius 2 is 1.74 bits per heavy atom. The molecule has 9 nitrogen and oxygen atoms in total. The number of nitrogens with zero attached hydrogens (tertiary/aromatic N) is 1. The Morgan fingerprint density at radius 1 is 1.00 bits per heavy atom. The van der Waals surface area contributed by atoms with Gasteiger partial charge in [0.05, 0.1) is 24.6 Å². The van der Waals surface area contributed by atoms with Crippen molar-refractivity contribution < 1.29 is 33.1 Å². The first-order valence-corrected chi connectivity index (χ1v) is 10.5. The van der Waals surface area contributed by atoms with E-state index in [4.69, 9.17) is 13.9 Å². The number of fused-ring (bicyclic) bond motifs is 1. The zero-order valence-electron chi connectivity index (χ0n) is 18.4. The largest absolute Gasteiger partial charge is 0.465 e. The fourth-order valence-electron chi connectivity index (χ4n) is 3.79. The van der Waals surface area contributed by atoms with Gasteiger partial charge in [-0.15, -0.1) is 0 Å². The summed E-state index contributed by atoms with van der Waals surface area (Å²) in [6.07, 6.45) is 1.63. The molecule has 0 fully saturated rings. The number of hydrogen-bond acceptors (Lipinski definition) is 7. The molecule has 0 bridgehead atoms. The molecule has 1 N–H and O–H groups in total. The molecule has 0 saturated carbocycles. The van der Waals surface area contributed by atoms with Gasteiger partial charge in [0.2, 0.25) is 0 Å². The number of carbonyl (C=O) groups is 4. The van der Waals surface area contributed by atoms with Crippen molar-refractivity contribution in [2.75, 3.05) is 19.0 Å². The Labute approximate surface area is 195 Å². The normalized spacial score (nSPS) is 14.6. The zero-order valence-corrected chi connectivity index (χ0v) is 18.4. The van der Waals surface area contributed by atoms with Gasteiger partial charge in [-0.25, -0.2) is 9.59 Å². The molecule has 34 heavy (non-hydrogen) atoms. The molecular weight excluding hydrogens is 440 g/mol. The summed E-state index contributed by atoms with van der Waals surface area (Å²) in [5.74, 6) is -2.30. The van der Waals surface area contributed by atoms with Crippen LogP contribution in [-0.2, 0) is 32.0 Å². The third-order valence-electron chi connectivity index (χ3n) is 5.47. The van der Waals surface area contributed by atoms with Crippen molar-refractivity contribution in [2.45, 2.75) is 19.0 Å². The lowest BCUT2D eigenvalue weighted by atomic mass is 9.93. The van der Waals surface area contributed by atoms with Crippen LogP contribution >= 0.6 is 0 Å². The number of nitrogens with one attached hydrogen (secondary N) is 1. The molecule has 174 valence electrons. The predicted molar refractivity (Wildman–Crippen MR) is 120 cm³/mol. The molecule has 0 spiro atoms. The van der Waals surface area contributed by atoms with Crippen LogP contribution in [0.3, 0.4) is 0 Å². The van der Waals surface area contributed by atoms with E-state index in [2.05, 4.69) is 5.32 Å². The average molecular weight is 462 g/mol. The van der Waals surface area contributed by atoms with Crippen LogP contribution in [0.2, 0.25) is 0 Å². The van der Waals surface area contributed by atoms with Crippen LogP contribution in [0.25, 0.3) is 0 Å². The van der Waals surface area contributed by atoms with Crippen molar-refractivity contribution >= 4 is 29.4 Å². The first-order chi connectivity index (χ1) is 16.5. The van der Waals surface area contributed by atoms with Crippen molar-refractivity contribution in [3.05, 3.63) is 89.4 Å². The number of carbonyl (C=O) groups excluding carboxylic acids is 4. The molecule has 1 aliphatic heterocycles. The fraction of sp³-hybridized carbons (Fsp3) is 0.200. The molecule has 3 aromatic rings.